The Labute approximate surface area is 51.8 Å². The fourth-order valence-corrected chi connectivity index (χ4v) is 1.16. The lowest BCUT2D eigenvalue weighted by Crippen LogP contribution is -2.15. The van der Waals surface area contributed by atoms with E-state index in [1.54, 1.807) is 0 Å². The van der Waals surface area contributed by atoms with Crippen LogP contribution < -0.4 is 0 Å². The second kappa shape index (κ2) is 2.36. The smallest absolute Gasteiger partial charge is 0.185 e. The predicted molar refractivity (Wildman–Crippen MR) is 38.4 cm³/mol. The van der Waals surface area contributed by atoms with Gasteiger partial charge >= 0.3 is 0 Å². The minimum Gasteiger partial charge on any atom is -0.348 e. The second-order valence-electron chi connectivity index (χ2n) is 2.55. The van der Waals surface area contributed by atoms with E-state index in [1.807, 2.05) is 0 Å². The molecule has 0 spiro atoms. The maximum atomic E-state index is 3.75. The highest BCUT2D eigenvalue weighted by molar-refractivity contribution is 6.04. The molecular weight excluding hydrogens is 96.9 g/mol. The first-order chi connectivity index (χ1) is 3.83. The average Bonchev–Trinajstić information content (AvgIpc) is 2.14. The lowest BCUT2D eigenvalue weighted by Gasteiger charge is -2.04. The standard InChI is InChI=1S/C6H12BN/c1-2-6-3-4-8(7)5-6/h2,6H,1,3-5,7H2. The fraction of sp³-hybridized carbons (Fsp3) is 0.667. The van der Waals surface area contributed by atoms with Crippen LogP contribution in [0.5, 0.6) is 0 Å². The molecule has 0 aromatic rings. The van der Waals surface area contributed by atoms with Gasteiger partial charge in [-0.15, -0.1) is 6.58 Å². The first-order valence-corrected chi connectivity index (χ1v) is 3.14. The Bertz CT molecular complexity index is 92.5. The average molecular weight is 109 g/mol. The van der Waals surface area contributed by atoms with Crippen LogP contribution in [0, 0.1) is 5.92 Å². The molecule has 2 heteroatoms. The largest absolute Gasteiger partial charge is 0.348 e. The Morgan fingerprint density at radius 2 is 2.50 bits per heavy atom. The summed E-state index contributed by atoms with van der Waals surface area (Å²) < 4.78 is 0. The van der Waals surface area contributed by atoms with Crippen molar-refractivity contribution in [2.45, 2.75) is 6.42 Å². The third kappa shape index (κ3) is 1.13. The van der Waals surface area contributed by atoms with Gasteiger partial charge in [0.05, 0.1) is 0 Å². The van der Waals surface area contributed by atoms with Gasteiger partial charge in [0, 0.05) is 0 Å². The third-order valence-corrected chi connectivity index (χ3v) is 1.76. The summed E-state index contributed by atoms with van der Waals surface area (Å²) in [7, 11) is 2.16. The van der Waals surface area contributed by atoms with Crippen LogP contribution in [0.25, 0.3) is 0 Å². The van der Waals surface area contributed by atoms with Gasteiger partial charge in [-0.1, -0.05) is 6.08 Å². The van der Waals surface area contributed by atoms with Gasteiger partial charge in [-0.05, 0) is 25.4 Å². The summed E-state index contributed by atoms with van der Waals surface area (Å²) in [6, 6.07) is 0. The topological polar surface area (TPSA) is 3.24 Å². The van der Waals surface area contributed by atoms with Crippen molar-refractivity contribution in [1.82, 2.24) is 4.81 Å². The molecule has 1 heterocycles. The Hall–Kier alpha value is -0.235. The van der Waals surface area contributed by atoms with Crippen LogP contribution in [0.3, 0.4) is 0 Å². The number of hydrogen-bond acceptors (Lipinski definition) is 1. The van der Waals surface area contributed by atoms with Crippen LogP contribution in [0.4, 0.5) is 0 Å². The van der Waals surface area contributed by atoms with Crippen LogP contribution in [0.1, 0.15) is 6.42 Å². The molecule has 0 N–H and O–H groups in total. The van der Waals surface area contributed by atoms with Gasteiger partial charge in [-0.25, -0.2) is 0 Å². The van der Waals surface area contributed by atoms with E-state index in [0.717, 1.165) is 5.92 Å². The van der Waals surface area contributed by atoms with Crippen molar-refractivity contribution in [3.8, 4) is 0 Å². The zero-order valence-electron chi connectivity index (χ0n) is 5.43. The van der Waals surface area contributed by atoms with Crippen LogP contribution in [0.15, 0.2) is 12.7 Å². The highest BCUT2D eigenvalue weighted by Gasteiger charge is 2.14. The molecular formula is C6H12BN. The summed E-state index contributed by atoms with van der Waals surface area (Å²) in [6.07, 6.45) is 3.36. The van der Waals surface area contributed by atoms with E-state index in [0.29, 0.717) is 0 Å². The van der Waals surface area contributed by atoms with Gasteiger partial charge in [0.2, 0.25) is 0 Å². The highest BCUT2D eigenvalue weighted by Crippen LogP contribution is 2.13. The SMILES string of the molecule is BN1CCC(C=C)C1. The summed E-state index contributed by atoms with van der Waals surface area (Å²) >= 11 is 0. The van der Waals surface area contributed by atoms with Gasteiger partial charge < -0.3 is 4.81 Å². The van der Waals surface area contributed by atoms with E-state index in [9.17, 15) is 0 Å². The van der Waals surface area contributed by atoms with Gasteiger partial charge in [0.15, 0.2) is 7.98 Å². The molecule has 0 aromatic carbocycles. The first kappa shape index (κ1) is 5.89. The lowest BCUT2D eigenvalue weighted by molar-refractivity contribution is 0.548. The normalized spacial score (nSPS) is 30.8. The Morgan fingerprint density at radius 1 is 1.75 bits per heavy atom. The predicted octanol–water partition coefficient (Wildman–Crippen LogP) is 0.0424. The van der Waals surface area contributed by atoms with E-state index < -0.39 is 0 Å². The quantitative estimate of drug-likeness (QED) is 0.339. The van der Waals surface area contributed by atoms with Crippen molar-refractivity contribution in [2.24, 2.45) is 5.92 Å². The summed E-state index contributed by atoms with van der Waals surface area (Å²) in [4.78, 5) is 2.34. The van der Waals surface area contributed by atoms with Gasteiger partial charge in [0.1, 0.15) is 0 Å². The molecule has 1 atom stereocenters. The molecule has 0 bridgehead atoms. The zero-order valence-corrected chi connectivity index (χ0v) is 5.43. The summed E-state index contributed by atoms with van der Waals surface area (Å²) in [5, 5.41) is 0. The van der Waals surface area contributed by atoms with Crippen molar-refractivity contribution >= 4 is 7.98 Å². The zero-order chi connectivity index (χ0) is 5.98. The third-order valence-electron chi connectivity index (χ3n) is 1.76. The maximum absolute atomic E-state index is 3.75. The van der Waals surface area contributed by atoms with Crippen LogP contribution >= 0.6 is 0 Å². The van der Waals surface area contributed by atoms with Crippen LogP contribution in [0.2, 0.25) is 0 Å². The van der Waals surface area contributed by atoms with Gasteiger partial charge in [0.25, 0.3) is 0 Å². The first-order valence-electron chi connectivity index (χ1n) is 3.14. The van der Waals surface area contributed by atoms with Crippen LogP contribution in [-0.2, 0) is 0 Å². The van der Waals surface area contributed by atoms with Gasteiger partial charge in [-0.2, -0.15) is 0 Å². The minimum absolute atomic E-state index is 0.764. The molecule has 0 aromatic heterocycles. The molecule has 0 saturated carbocycles. The van der Waals surface area contributed by atoms with E-state index in [2.05, 4.69) is 25.4 Å². The molecule has 0 aliphatic carbocycles. The van der Waals surface area contributed by atoms with E-state index in [4.69, 9.17) is 0 Å². The maximum Gasteiger partial charge on any atom is 0.185 e. The van der Waals surface area contributed by atoms with Crippen molar-refractivity contribution in [3.05, 3.63) is 12.7 Å². The molecule has 1 aliphatic heterocycles. The molecule has 1 saturated heterocycles. The van der Waals surface area contributed by atoms with Crippen molar-refractivity contribution in [2.75, 3.05) is 13.1 Å². The Morgan fingerprint density at radius 3 is 2.75 bits per heavy atom. The Balaban J connectivity index is 2.32. The summed E-state index contributed by atoms with van der Waals surface area (Å²) in [5.41, 5.74) is 0. The molecule has 8 heavy (non-hydrogen) atoms. The number of rotatable bonds is 1. The summed E-state index contributed by atoms with van der Waals surface area (Å²) in [6.45, 7) is 6.21. The highest BCUT2D eigenvalue weighted by atomic mass is 15.0. The van der Waals surface area contributed by atoms with Crippen molar-refractivity contribution in [3.63, 3.8) is 0 Å². The molecule has 1 rings (SSSR count). The van der Waals surface area contributed by atoms with E-state index >= 15 is 0 Å². The molecule has 0 amide bonds. The fourth-order valence-electron chi connectivity index (χ4n) is 1.16. The summed E-state index contributed by atoms with van der Waals surface area (Å²) in [5.74, 6) is 0.764. The molecule has 1 aliphatic rings. The lowest BCUT2D eigenvalue weighted by atomic mass is 10.1. The molecule has 0 radical (unpaired) electrons. The van der Waals surface area contributed by atoms with E-state index in [-0.39, 0.29) is 0 Å². The van der Waals surface area contributed by atoms with Gasteiger partial charge in [-0.3, -0.25) is 0 Å². The number of hydrogen-bond donors (Lipinski definition) is 0. The molecule has 44 valence electrons. The van der Waals surface area contributed by atoms with Crippen molar-refractivity contribution < 1.29 is 0 Å². The monoisotopic (exact) mass is 109 g/mol. The van der Waals surface area contributed by atoms with E-state index in [1.165, 1.54) is 19.5 Å². The van der Waals surface area contributed by atoms with Crippen LogP contribution in [-0.4, -0.2) is 25.9 Å². The molecule has 1 unspecified atom stereocenters. The number of nitrogens with zero attached hydrogens (tertiary/aromatic N) is 1. The Kier molecular flexibility index (Phi) is 1.74. The molecule has 1 fully saturated rings. The van der Waals surface area contributed by atoms with Crippen molar-refractivity contribution in [1.29, 1.82) is 0 Å². The second-order valence-corrected chi connectivity index (χ2v) is 2.55. The minimum atomic E-state index is 0.764. The molecule has 1 nitrogen and oxygen atoms in total.